The summed E-state index contributed by atoms with van der Waals surface area (Å²) in [6.45, 7) is 3.77. The maximum absolute atomic E-state index is 12.0. The van der Waals surface area contributed by atoms with Crippen LogP contribution >= 0.6 is 11.6 Å². The van der Waals surface area contributed by atoms with Gasteiger partial charge in [0.1, 0.15) is 0 Å². The van der Waals surface area contributed by atoms with Crippen LogP contribution in [0, 0.1) is 0 Å². The zero-order chi connectivity index (χ0) is 13.0. The van der Waals surface area contributed by atoms with E-state index >= 15 is 0 Å². The Hall–Kier alpha value is 0.160. The highest BCUT2D eigenvalue weighted by Crippen LogP contribution is 2.22. The highest BCUT2D eigenvalue weighted by atomic mass is 35.5. The monoisotopic (exact) mass is 294 g/mol. The first-order valence-electron chi connectivity index (χ1n) is 6.91. The topological polar surface area (TPSA) is 40.6 Å². The van der Waals surface area contributed by atoms with E-state index in [2.05, 4.69) is 4.90 Å². The summed E-state index contributed by atoms with van der Waals surface area (Å²) < 4.78 is 25.7. The summed E-state index contributed by atoms with van der Waals surface area (Å²) in [6, 6.07) is 0.604. The van der Waals surface area contributed by atoms with E-state index in [1.165, 1.54) is 25.9 Å². The molecule has 2 saturated heterocycles. The van der Waals surface area contributed by atoms with Crippen LogP contribution in [0.15, 0.2) is 0 Å². The van der Waals surface area contributed by atoms with Crippen molar-refractivity contribution in [3.05, 3.63) is 0 Å². The van der Waals surface area contributed by atoms with Gasteiger partial charge in [0, 0.05) is 25.0 Å². The molecule has 0 aromatic carbocycles. The Kier molecular flexibility index (Phi) is 5.30. The average Bonchev–Trinajstić information content (AvgIpc) is 2.90. The molecule has 2 aliphatic heterocycles. The molecule has 0 amide bonds. The normalized spacial score (nSPS) is 24.7. The van der Waals surface area contributed by atoms with Crippen molar-refractivity contribution in [1.82, 2.24) is 9.21 Å². The quantitative estimate of drug-likeness (QED) is 0.722. The molecule has 2 rings (SSSR count). The van der Waals surface area contributed by atoms with Gasteiger partial charge in [0.15, 0.2) is 0 Å². The first kappa shape index (κ1) is 14.6. The molecular formula is C12H23ClN2O2S. The van der Waals surface area contributed by atoms with Gasteiger partial charge in [0.25, 0.3) is 0 Å². The lowest BCUT2D eigenvalue weighted by atomic mass is 10.1. The summed E-state index contributed by atoms with van der Waals surface area (Å²) in [6.07, 6.45) is 5.12. The molecule has 6 heteroatoms. The third-order valence-corrected chi connectivity index (χ3v) is 6.23. The van der Waals surface area contributed by atoms with E-state index in [9.17, 15) is 8.42 Å². The highest BCUT2D eigenvalue weighted by molar-refractivity contribution is 7.89. The maximum atomic E-state index is 12.0. The van der Waals surface area contributed by atoms with Gasteiger partial charge in [-0.1, -0.05) is 0 Å². The largest absolute Gasteiger partial charge is 0.300 e. The fourth-order valence-electron chi connectivity index (χ4n) is 2.96. The Morgan fingerprint density at radius 3 is 2.22 bits per heavy atom. The molecule has 0 spiro atoms. The van der Waals surface area contributed by atoms with Crippen molar-refractivity contribution in [3.8, 4) is 0 Å². The van der Waals surface area contributed by atoms with Gasteiger partial charge in [-0.2, -0.15) is 0 Å². The summed E-state index contributed by atoms with van der Waals surface area (Å²) >= 11 is 5.57. The molecule has 2 aliphatic rings. The fraction of sp³-hybridized carbons (Fsp3) is 1.00. The number of alkyl halides is 1. The van der Waals surface area contributed by atoms with Gasteiger partial charge in [0.2, 0.25) is 10.0 Å². The van der Waals surface area contributed by atoms with Crippen molar-refractivity contribution in [2.24, 2.45) is 0 Å². The molecule has 0 atom stereocenters. The standard InChI is InChI=1S/C12H23ClN2O2S/c13-6-3-11-18(16,17)15-9-4-12(5-10-15)14-7-1-2-8-14/h12H,1-11H2. The molecule has 2 heterocycles. The number of hydrogen-bond donors (Lipinski definition) is 0. The average molecular weight is 295 g/mol. The Morgan fingerprint density at radius 2 is 1.67 bits per heavy atom. The SMILES string of the molecule is O=S(=O)(CCCCl)N1CCC(N2CCCC2)CC1. The Labute approximate surface area is 115 Å². The van der Waals surface area contributed by atoms with Crippen LogP contribution in [0.4, 0.5) is 0 Å². The van der Waals surface area contributed by atoms with Crippen molar-refractivity contribution in [1.29, 1.82) is 0 Å². The third kappa shape index (κ3) is 3.59. The van der Waals surface area contributed by atoms with Gasteiger partial charge in [-0.3, -0.25) is 0 Å². The number of hydrogen-bond acceptors (Lipinski definition) is 3. The predicted molar refractivity (Wildman–Crippen MR) is 74.5 cm³/mol. The van der Waals surface area contributed by atoms with E-state index in [0.717, 1.165) is 12.8 Å². The van der Waals surface area contributed by atoms with E-state index in [1.54, 1.807) is 4.31 Å². The minimum Gasteiger partial charge on any atom is -0.300 e. The van der Waals surface area contributed by atoms with Gasteiger partial charge in [0.05, 0.1) is 5.75 Å². The highest BCUT2D eigenvalue weighted by Gasteiger charge is 2.30. The maximum Gasteiger partial charge on any atom is 0.214 e. The van der Waals surface area contributed by atoms with Crippen molar-refractivity contribution in [2.75, 3.05) is 37.8 Å². The van der Waals surface area contributed by atoms with E-state index in [4.69, 9.17) is 11.6 Å². The first-order valence-corrected chi connectivity index (χ1v) is 9.06. The second-order valence-corrected chi connectivity index (χ2v) is 7.70. The molecule has 0 radical (unpaired) electrons. The second-order valence-electron chi connectivity index (χ2n) is 5.23. The molecule has 4 nitrogen and oxygen atoms in total. The molecule has 0 aromatic heterocycles. The molecule has 0 unspecified atom stereocenters. The molecule has 0 saturated carbocycles. The lowest BCUT2D eigenvalue weighted by Crippen LogP contribution is -2.46. The van der Waals surface area contributed by atoms with Crippen molar-refractivity contribution >= 4 is 21.6 Å². The van der Waals surface area contributed by atoms with Crippen LogP contribution in [-0.4, -0.2) is 61.5 Å². The summed E-state index contributed by atoms with van der Waals surface area (Å²) in [5, 5.41) is 0. The molecule has 0 bridgehead atoms. The minimum atomic E-state index is -3.06. The molecule has 2 fully saturated rings. The van der Waals surface area contributed by atoms with E-state index in [0.29, 0.717) is 31.4 Å². The number of halogens is 1. The zero-order valence-corrected chi connectivity index (χ0v) is 12.4. The van der Waals surface area contributed by atoms with Crippen LogP contribution in [0.5, 0.6) is 0 Å². The lowest BCUT2D eigenvalue weighted by Gasteiger charge is -2.36. The summed E-state index contributed by atoms with van der Waals surface area (Å²) in [5.41, 5.74) is 0. The third-order valence-electron chi connectivity index (χ3n) is 4.01. The summed E-state index contributed by atoms with van der Waals surface area (Å²) in [7, 11) is -3.06. The van der Waals surface area contributed by atoms with Gasteiger partial charge in [-0.05, 0) is 45.2 Å². The van der Waals surface area contributed by atoms with Crippen LogP contribution in [0.1, 0.15) is 32.1 Å². The van der Waals surface area contributed by atoms with Crippen molar-refractivity contribution in [3.63, 3.8) is 0 Å². The predicted octanol–water partition coefficient (Wildman–Crippen LogP) is 1.51. The number of piperidine rings is 1. The Bertz CT molecular complexity index is 347. The molecule has 0 aliphatic carbocycles. The lowest BCUT2D eigenvalue weighted by molar-refractivity contribution is 0.168. The first-order chi connectivity index (χ1) is 8.63. The molecule has 0 aromatic rings. The number of nitrogens with zero attached hydrogens (tertiary/aromatic N) is 2. The zero-order valence-electron chi connectivity index (χ0n) is 10.9. The van der Waals surface area contributed by atoms with Gasteiger partial charge in [-0.25, -0.2) is 12.7 Å². The second kappa shape index (κ2) is 6.55. The number of sulfonamides is 1. The fourth-order valence-corrected chi connectivity index (χ4v) is 4.78. The van der Waals surface area contributed by atoms with E-state index < -0.39 is 10.0 Å². The van der Waals surface area contributed by atoms with Gasteiger partial charge in [-0.15, -0.1) is 11.6 Å². The molecule has 106 valence electrons. The molecule has 0 N–H and O–H groups in total. The van der Waals surface area contributed by atoms with Crippen LogP contribution in [0.3, 0.4) is 0 Å². The molecular weight excluding hydrogens is 272 g/mol. The van der Waals surface area contributed by atoms with Crippen LogP contribution in [0.2, 0.25) is 0 Å². The number of rotatable bonds is 5. The van der Waals surface area contributed by atoms with Crippen LogP contribution in [0.25, 0.3) is 0 Å². The summed E-state index contributed by atoms with van der Waals surface area (Å²) in [5.74, 6) is 0.619. The smallest absolute Gasteiger partial charge is 0.214 e. The van der Waals surface area contributed by atoms with Gasteiger partial charge >= 0.3 is 0 Å². The summed E-state index contributed by atoms with van der Waals surface area (Å²) in [4.78, 5) is 2.53. The van der Waals surface area contributed by atoms with Crippen LogP contribution < -0.4 is 0 Å². The Balaban J connectivity index is 1.82. The minimum absolute atomic E-state index is 0.199. The van der Waals surface area contributed by atoms with Crippen molar-refractivity contribution in [2.45, 2.75) is 38.1 Å². The number of likely N-dealkylation sites (tertiary alicyclic amines) is 1. The van der Waals surface area contributed by atoms with Crippen molar-refractivity contribution < 1.29 is 8.42 Å². The Morgan fingerprint density at radius 1 is 1.06 bits per heavy atom. The molecule has 18 heavy (non-hydrogen) atoms. The van der Waals surface area contributed by atoms with E-state index in [-0.39, 0.29) is 5.75 Å². The van der Waals surface area contributed by atoms with Crippen LogP contribution in [-0.2, 0) is 10.0 Å². The van der Waals surface area contributed by atoms with E-state index in [1.807, 2.05) is 0 Å². The van der Waals surface area contributed by atoms with Gasteiger partial charge < -0.3 is 4.90 Å².